The lowest BCUT2D eigenvalue weighted by atomic mass is 10.0. The number of ether oxygens (including phenoxy) is 1. The van der Waals surface area contributed by atoms with Gasteiger partial charge in [-0.2, -0.15) is 10.4 Å². The summed E-state index contributed by atoms with van der Waals surface area (Å²) in [5.41, 5.74) is 4.04. The number of benzene rings is 3. The minimum Gasteiger partial charge on any atom is -0.494 e. The van der Waals surface area contributed by atoms with Gasteiger partial charge >= 0.3 is 0 Å². The van der Waals surface area contributed by atoms with Crippen molar-refractivity contribution in [3.05, 3.63) is 108 Å². The maximum absolute atomic E-state index is 13.0. The van der Waals surface area contributed by atoms with Crippen LogP contribution in [0.2, 0.25) is 0 Å². The van der Waals surface area contributed by atoms with E-state index in [1.165, 1.54) is 0 Å². The number of nitriles is 1. The summed E-state index contributed by atoms with van der Waals surface area (Å²) in [5, 5.41) is 17.5. The number of carbonyl (C=O) groups is 1. The first kappa shape index (κ1) is 24.5. The molecule has 0 saturated heterocycles. The third-order valence-corrected chi connectivity index (χ3v) is 5.68. The Bertz CT molecular complexity index is 1370. The van der Waals surface area contributed by atoms with Crippen LogP contribution in [0.4, 0.5) is 0 Å². The molecule has 36 heavy (non-hydrogen) atoms. The van der Waals surface area contributed by atoms with E-state index in [-0.39, 0.29) is 11.6 Å². The van der Waals surface area contributed by atoms with Crippen molar-refractivity contribution in [1.29, 1.82) is 5.26 Å². The van der Waals surface area contributed by atoms with E-state index in [1.54, 1.807) is 10.8 Å². The number of carbonyl (C=O) groups excluding carboxylic acids is 1. The van der Waals surface area contributed by atoms with Gasteiger partial charge in [0.1, 0.15) is 17.4 Å². The Balaban J connectivity index is 1.68. The Morgan fingerprint density at radius 2 is 1.72 bits per heavy atom. The third-order valence-electron chi connectivity index (χ3n) is 5.68. The van der Waals surface area contributed by atoms with Crippen LogP contribution in [0, 0.1) is 11.3 Å². The summed E-state index contributed by atoms with van der Waals surface area (Å²) in [7, 11) is 0. The van der Waals surface area contributed by atoms with E-state index in [4.69, 9.17) is 9.84 Å². The van der Waals surface area contributed by atoms with E-state index in [9.17, 15) is 10.1 Å². The van der Waals surface area contributed by atoms with Crippen LogP contribution in [-0.2, 0) is 4.79 Å². The number of hydrogen-bond acceptors (Lipinski definition) is 4. The molecule has 0 unspecified atom stereocenters. The first-order valence-electron chi connectivity index (χ1n) is 11.9. The van der Waals surface area contributed by atoms with Crippen LogP contribution < -0.4 is 10.1 Å². The van der Waals surface area contributed by atoms with Crippen LogP contribution in [0.1, 0.15) is 37.4 Å². The summed E-state index contributed by atoms with van der Waals surface area (Å²) in [6.07, 6.45) is 4.35. The molecule has 180 valence electrons. The second-order valence-corrected chi connectivity index (χ2v) is 8.36. The van der Waals surface area contributed by atoms with E-state index >= 15 is 0 Å². The Kier molecular flexibility index (Phi) is 7.94. The predicted octanol–water partition coefficient (Wildman–Crippen LogP) is 6.11. The summed E-state index contributed by atoms with van der Waals surface area (Å²) in [6, 6.07) is 28.8. The highest BCUT2D eigenvalue weighted by Gasteiger charge is 2.17. The number of nitrogens with one attached hydrogen (secondary N) is 1. The second-order valence-electron chi connectivity index (χ2n) is 8.36. The SMILES string of the molecule is CCCOc1ccc(-c2nn(-c3ccccc3)cc2/C=C(\C#N)C(=O)N[C@H](C)c2ccccc2)cc1. The van der Waals surface area contributed by atoms with Crippen LogP contribution in [0.3, 0.4) is 0 Å². The van der Waals surface area contributed by atoms with Gasteiger partial charge in [0.15, 0.2) is 0 Å². The quantitative estimate of drug-likeness (QED) is 0.233. The fourth-order valence-electron chi connectivity index (χ4n) is 3.76. The van der Waals surface area contributed by atoms with Crippen LogP contribution in [0.25, 0.3) is 23.0 Å². The van der Waals surface area contributed by atoms with Gasteiger partial charge in [-0.15, -0.1) is 0 Å². The van der Waals surface area contributed by atoms with Crippen LogP contribution in [-0.4, -0.2) is 22.3 Å². The van der Waals surface area contributed by atoms with Gasteiger partial charge in [0, 0.05) is 17.3 Å². The normalized spacial score (nSPS) is 12.0. The number of aromatic nitrogens is 2. The number of hydrogen-bond donors (Lipinski definition) is 1. The Hall–Kier alpha value is -4.63. The number of para-hydroxylation sites is 1. The molecule has 0 radical (unpaired) electrons. The zero-order valence-corrected chi connectivity index (χ0v) is 20.4. The van der Waals surface area contributed by atoms with Crippen LogP contribution >= 0.6 is 0 Å². The molecule has 0 fully saturated rings. The number of amides is 1. The molecule has 0 spiro atoms. The minimum atomic E-state index is -0.435. The summed E-state index contributed by atoms with van der Waals surface area (Å²) in [5.74, 6) is 0.350. The van der Waals surface area contributed by atoms with Gasteiger partial charge < -0.3 is 10.1 Å². The van der Waals surface area contributed by atoms with E-state index in [0.29, 0.717) is 17.9 Å². The third kappa shape index (κ3) is 5.89. The van der Waals surface area contributed by atoms with Crippen molar-refractivity contribution >= 4 is 12.0 Å². The highest BCUT2D eigenvalue weighted by atomic mass is 16.5. The van der Waals surface area contributed by atoms with Gasteiger partial charge in [-0.05, 0) is 61.4 Å². The first-order valence-corrected chi connectivity index (χ1v) is 11.9. The van der Waals surface area contributed by atoms with Crippen molar-refractivity contribution in [2.24, 2.45) is 0 Å². The largest absolute Gasteiger partial charge is 0.494 e. The molecule has 1 atom stereocenters. The lowest BCUT2D eigenvalue weighted by molar-refractivity contribution is -0.117. The lowest BCUT2D eigenvalue weighted by Gasteiger charge is -2.13. The van der Waals surface area contributed by atoms with Gasteiger partial charge in [0.05, 0.1) is 24.0 Å². The zero-order chi connectivity index (χ0) is 25.3. The van der Waals surface area contributed by atoms with E-state index in [0.717, 1.165) is 29.0 Å². The van der Waals surface area contributed by atoms with Crippen molar-refractivity contribution in [3.63, 3.8) is 0 Å². The summed E-state index contributed by atoms with van der Waals surface area (Å²) < 4.78 is 7.46. The molecule has 0 aliphatic heterocycles. The van der Waals surface area contributed by atoms with Gasteiger partial charge in [0.2, 0.25) is 0 Å². The zero-order valence-electron chi connectivity index (χ0n) is 20.4. The molecular formula is C30H28N4O2. The summed E-state index contributed by atoms with van der Waals surface area (Å²) >= 11 is 0. The molecule has 1 N–H and O–H groups in total. The molecule has 0 aliphatic rings. The van der Waals surface area contributed by atoms with Crippen molar-refractivity contribution < 1.29 is 9.53 Å². The molecule has 3 aromatic carbocycles. The molecule has 6 nitrogen and oxygen atoms in total. The van der Waals surface area contributed by atoms with Crippen molar-refractivity contribution in [1.82, 2.24) is 15.1 Å². The molecule has 0 bridgehead atoms. The van der Waals surface area contributed by atoms with Crippen LogP contribution in [0.15, 0.2) is 96.7 Å². The fourth-order valence-corrected chi connectivity index (χ4v) is 3.76. The number of rotatable bonds is 9. The topological polar surface area (TPSA) is 79.9 Å². The van der Waals surface area contributed by atoms with E-state index in [2.05, 4.69) is 18.3 Å². The summed E-state index contributed by atoms with van der Waals surface area (Å²) in [6.45, 7) is 4.61. The van der Waals surface area contributed by atoms with Gasteiger partial charge in [0.25, 0.3) is 5.91 Å². The fraction of sp³-hybridized carbons (Fsp3) is 0.167. The molecule has 6 heteroatoms. The monoisotopic (exact) mass is 476 g/mol. The molecule has 4 rings (SSSR count). The smallest absolute Gasteiger partial charge is 0.262 e. The molecule has 1 amide bonds. The van der Waals surface area contributed by atoms with E-state index < -0.39 is 5.91 Å². The maximum atomic E-state index is 13.0. The average Bonchev–Trinajstić information content (AvgIpc) is 3.35. The Morgan fingerprint density at radius 1 is 1.06 bits per heavy atom. The highest BCUT2D eigenvalue weighted by molar-refractivity contribution is 6.02. The minimum absolute atomic E-state index is 0.00884. The maximum Gasteiger partial charge on any atom is 0.262 e. The van der Waals surface area contributed by atoms with Crippen molar-refractivity contribution in [2.45, 2.75) is 26.3 Å². The predicted molar refractivity (Wildman–Crippen MR) is 141 cm³/mol. The Labute approximate surface area is 211 Å². The highest BCUT2D eigenvalue weighted by Crippen LogP contribution is 2.28. The molecule has 4 aromatic rings. The van der Waals surface area contributed by atoms with Crippen molar-refractivity contribution in [3.8, 4) is 28.8 Å². The lowest BCUT2D eigenvalue weighted by Crippen LogP contribution is -2.27. The second kappa shape index (κ2) is 11.7. The van der Waals surface area contributed by atoms with Gasteiger partial charge in [-0.25, -0.2) is 4.68 Å². The molecular weight excluding hydrogens is 448 g/mol. The Morgan fingerprint density at radius 3 is 2.36 bits per heavy atom. The van der Waals surface area contributed by atoms with Crippen molar-refractivity contribution in [2.75, 3.05) is 6.61 Å². The average molecular weight is 477 g/mol. The molecule has 0 saturated carbocycles. The standard InChI is InChI=1S/C30H28N4O2/c1-3-18-36-28-16-14-24(15-17-28)29-26(21-34(33-29)27-12-8-5-9-13-27)19-25(20-31)30(35)32-22(2)23-10-6-4-7-11-23/h4-17,19,21-22H,3,18H2,1-2H3,(H,32,35)/b25-19+/t22-/m1/s1. The molecule has 0 aliphatic carbocycles. The summed E-state index contributed by atoms with van der Waals surface area (Å²) in [4.78, 5) is 13.0. The molecule has 1 aromatic heterocycles. The van der Waals surface area contributed by atoms with Gasteiger partial charge in [-0.1, -0.05) is 55.5 Å². The van der Waals surface area contributed by atoms with Gasteiger partial charge in [-0.3, -0.25) is 4.79 Å². The first-order chi connectivity index (χ1) is 17.6. The number of nitrogens with zero attached hydrogens (tertiary/aromatic N) is 3. The molecule has 1 heterocycles. The van der Waals surface area contributed by atoms with E-state index in [1.807, 2.05) is 98.0 Å². The van der Waals surface area contributed by atoms with Crippen LogP contribution in [0.5, 0.6) is 5.75 Å².